The summed E-state index contributed by atoms with van der Waals surface area (Å²) in [5, 5.41) is 3.20. The zero-order valence-corrected chi connectivity index (χ0v) is 15.0. The minimum absolute atomic E-state index is 0.0222. The van der Waals surface area contributed by atoms with Gasteiger partial charge >= 0.3 is 6.09 Å². The van der Waals surface area contributed by atoms with Gasteiger partial charge in [0.15, 0.2) is 0 Å². The van der Waals surface area contributed by atoms with Gasteiger partial charge in [0.05, 0.1) is 18.1 Å². The number of carbonyl (C=O) groups is 2. The van der Waals surface area contributed by atoms with Crippen LogP contribution in [0.4, 0.5) is 4.79 Å². The van der Waals surface area contributed by atoms with Crippen LogP contribution in [0.15, 0.2) is 0 Å². The number of rotatable bonds is 2. The van der Waals surface area contributed by atoms with Gasteiger partial charge in [0.25, 0.3) is 0 Å². The van der Waals surface area contributed by atoms with Gasteiger partial charge in [0.2, 0.25) is 5.91 Å². The maximum atomic E-state index is 12.5. The molecule has 0 aliphatic carbocycles. The predicted octanol–water partition coefficient (Wildman–Crippen LogP) is 2.46. The second kappa shape index (κ2) is 6.90. The summed E-state index contributed by atoms with van der Waals surface area (Å²) in [5.41, 5.74) is -0.473. The molecule has 3 rings (SSSR count). The quantitative estimate of drug-likeness (QED) is 0.840. The van der Waals surface area contributed by atoms with Crippen molar-refractivity contribution in [1.82, 2.24) is 10.2 Å². The van der Waals surface area contributed by atoms with Gasteiger partial charge in [-0.2, -0.15) is 0 Å². The van der Waals surface area contributed by atoms with Gasteiger partial charge in [-0.3, -0.25) is 4.79 Å². The van der Waals surface area contributed by atoms with Crippen molar-refractivity contribution in [2.24, 2.45) is 5.92 Å². The Morgan fingerprint density at radius 2 is 1.92 bits per heavy atom. The molecule has 0 radical (unpaired) electrons. The minimum Gasteiger partial charge on any atom is -0.444 e. The van der Waals surface area contributed by atoms with Crippen LogP contribution in [0.5, 0.6) is 0 Å². The molecule has 0 aromatic heterocycles. The van der Waals surface area contributed by atoms with Gasteiger partial charge in [-0.15, -0.1) is 0 Å². The Hall–Kier alpha value is -1.30. The summed E-state index contributed by atoms with van der Waals surface area (Å²) in [6, 6.07) is 0.143. The van der Waals surface area contributed by atoms with Crippen LogP contribution in [0.25, 0.3) is 0 Å². The molecular weight excluding hydrogens is 308 g/mol. The van der Waals surface area contributed by atoms with Crippen LogP contribution in [0, 0.1) is 5.92 Å². The van der Waals surface area contributed by atoms with Crippen LogP contribution in [0.3, 0.4) is 0 Å². The molecule has 4 atom stereocenters. The van der Waals surface area contributed by atoms with E-state index in [1.54, 1.807) is 4.90 Å². The molecule has 2 bridgehead atoms. The van der Waals surface area contributed by atoms with Crippen LogP contribution in [0.1, 0.15) is 59.3 Å². The highest BCUT2D eigenvalue weighted by Crippen LogP contribution is 2.38. The summed E-state index contributed by atoms with van der Waals surface area (Å²) in [5.74, 6) is 0.159. The third-order valence-corrected chi connectivity index (χ3v) is 5.17. The van der Waals surface area contributed by atoms with Crippen LogP contribution in [0.2, 0.25) is 0 Å². The number of fused-ring (bicyclic) bond motifs is 2. The maximum Gasteiger partial charge on any atom is 0.410 e. The molecule has 1 N–H and O–H groups in total. The first-order valence-corrected chi connectivity index (χ1v) is 9.25. The number of hydrogen-bond donors (Lipinski definition) is 1. The minimum atomic E-state index is -0.473. The van der Waals surface area contributed by atoms with Crippen molar-refractivity contribution in [2.75, 3.05) is 13.1 Å². The Morgan fingerprint density at radius 3 is 2.54 bits per heavy atom. The first kappa shape index (κ1) is 17.5. The lowest BCUT2D eigenvalue weighted by atomic mass is 9.88. The van der Waals surface area contributed by atoms with E-state index in [-0.39, 0.29) is 30.1 Å². The Labute approximate surface area is 144 Å². The Kier molecular flexibility index (Phi) is 5.04. The summed E-state index contributed by atoms with van der Waals surface area (Å²) in [6.07, 6.45) is 5.73. The van der Waals surface area contributed by atoms with Crippen LogP contribution in [-0.4, -0.2) is 53.8 Å². The van der Waals surface area contributed by atoms with Crippen molar-refractivity contribution in [3.05, 3.63) is 0 Å². The molecule has 0 saturated carbocycles. The van der Waals surface area contributed by atoms with E-state index in [1.807, 2.05) is 20.8 Å². The third kappa shape index (κ3) is 4.21. The number of likely N-dealkylation sites (tertiary alicyclic amines) is 1. The fourth-order valence-electron chi connectivity index (χ4n) is 3.97. The highest BCUT2D eigenvalue weighted by Gasteiger charge is 2.44. The summed E-state index contributed by atoms with van der Waals surface area (Å²) < 4.78 is 11.2. The van der Waals surface area contributed by atoms with Crippen molar-refractivity contribution in [2.45, 2.75) is 83.1 Å². The monoisotopic (exact) mass is 338 g/mol. The first-order valence-electron chi connectivity index (χ1n) is 9.25. The van der Waals surface area contributed by atoms with E-state index in [2.05, 4.69) is 5.32 Å². The topological polar surface area (TPSA) is 67.9 Å². The molecule has 6 heteroatoms. The van der Waals surface area contributed by atoms with Crippen molar-refractivity contribution < 1.29 is 19.1 Å². The zero-order chi connectivity index (χ0) is 17.3. The van der Waals surface area contributed by atoms with E-state index < -0.39 is 5.60 Å². The maximum absolute atomic E-state index is 12.5. The molecule has 3 saturated heterocycles. The molecule has 2 amide bonds. The molecule has 3 fully saturated rings. The lowest BCUT2D eigenvalue weighted by molar-refractivity contribution is -0.127. The van der Waals surface area contributed by atoms with E-state index in [1.165, 1.54) is 0 Å². The predicted molar refractivity (Wildman–Crippen MR) is 89.6 cm³/mol. The van der Waals surface area contributed by atoms with Crippen molar-refractivity contribution in [3.63, 3.8) is 0 Å². The molecule has 3 heterocycles. The summed E-state index contributed by atoms with van der Waals surface area (Å²) >= 11 is 0. The van der Waals surface area contributed by atoms with Gasteiger partial charge in [-0.1, -0.05) is 0 Å². The molecule has 136 valence electrons. The number of ether oxygens (including phenoxy) is 2. The lowest BCUT2D eigenvalue weighted by Crippen LogP contribution is -2.42. The highest BCUT2D eigenvalue weighted by atomic mass is 16.6. The standard InChI is InChI=1S/C18H30N2O4/c1-18(2,3)24-17(22)20-9-4-5-12(8-10-20)19-16(21)14-11-13-6-7-15(14)23-13/h12-15H,4-11H2,1-3H3,(H,19,21)/t12-,13+,14-,15+/m0/s1. The molecule has 0 aromatic carbocycles. The summed E-state index contributed by atoms with van der Waals surface area (Å²) in [4.78, 5) is 26.5. The summed E-state index contributed by atoms with van der Waals surface area (Å²) in [7, 11) is 0. The summed E-state index contributed by atoms with van der Waals surface area (Å²) in [6.45, 7) is 6.96. The van der Waals surface area contributed by atoms with E-state index in [4.69, 9.17) is 9.47 Å². The van der Waals surface area contributed by atoms with E-state index in [0.717, 1.165) is 38.5 Å². The lowest BCUT2D eigenvalue weighted by Gasteiger charge is -2.26. The van der Waals surface area contributed by atoms with Crippen molar-refractivity contribution in [1.29, 1.82) is 0 Å². The van der Waals surface area contributed by atoms with E-state index in [9.17, 15) is 9.59 Å². The average Bonchev–Trinajstić information content (AvgIpc) is 3.04. The van der Waals surface area contributed by atoms with Gasteiger partial charge in [-0.05, 0) is 59.3 Å². The molecular formula is C18H30N2O4. The fraction of sp³-hybridized carbons (Fsp3) is 0.889. The first-order chi connectivity index (χ1) is 11.3. The fourth-order valence-corrected chi connectivity index (χ4v) is 3.97. The third-order valence-electron chi connectivity index (χ3n) is 5.17. The largest absolute Gasteiger partial charge is 0.444 e. The Morgan fingerprint density at radius 1 is 1.12 bits per heavy atom. The van der Waals surface area contributed by atoms with Crippen LogP contribution >= 0.6 is 0 Å². The molecule has 0 unspecified atom stereocenters. The number of hydrogen-bond acceptors (Lipinski definition) is 4. The second-order valence-electron chi connectivity index (χ2n) is 8.32. The van der Waals surface area contributed by atoms with Crippen molar-refractivity contribution in [3.8, 4) is 0 Å². The number of amides is 2. The molecule has 3 aliphatic heterocycles. The Bertz CT molecular complexity index is 488. The normalized spacial score (nSPS) is 33.2. The molecule has 3 aliphatic rings. The molecule has 6 nitrogen and oxygen atoms in total. The zero-order valence-electron chi connectivity index (χ0n) is 15.0. The van der Waals surface area contributed by atoms with Gasteiger partial charge < -0.3 is 19.7 Å². The van der Waals surface area contributed by atoms with E-state index in [0.29, 0.717) is 19.2 Å². The second-order valence-corrected chi connectivity index (χ2v) is 8.32. The van der Waals surface area contributed by atoms with Crippen LogP contribution in [-0.2, 0) is 14.3 Å². The van der Waals surface area contributed by atoms with Gasteiger partial charge in [-0.25, -0.2) is 4.79 Å². The average molecular weight is 338 g/mol. The van der Waals surface area contributed by atoms with Gasteiger partial charge in [0.1, 0.15) is 5.60 Å². The molecule has 0 spiro atoms. The number of nitrogens with one attached hydrogen (secondary N) is 1. The van der Waals surface area contributed by atoms with Crippen molar-refractivity contribution >= 4 is 12.0 Å². The number of nitrogens with zero attached hydrogens (tertiary/aromatic N) is 1. The SMILES string of the molecule is CC(C)(C)OC(=O)N1CCC[C@H](NC(=O)[C@H]2C[C@H]3CC[C@H]2O3)CC1. The highest BCUT2D eigenvalue weighted by molar-refractivity contribution is 5.80. The molecule has 24 heavy (non-hydrogen) atoms. The van der Waals surface area contributed by atoms with Crippen LogP contribution < -0.4 is 5.32 Å². The Balaban J connectivity index is 1.47. The molecule has 0 aromatic rings. The number of carbonyl (C=O) groups excluding carboxylic acids is 2. The van der Waals surface area contributed by atoms with Gasteiger partial charge in [0, 0.05) is 19.1 Å². The van der Waals surface area contributed by atoms with E-state index >= 15 is 0 Å². The smallest absolute Gasteiger partial charge is 0.410 e.